The highest BCUT2D eigenvalue weighted by atomic mass is 32.2. The molecule has 1 aliphatic rings. The minimum atomic E-state index is -3.11. The van der Waals surface area contributed by atoms with Crippen LogP contribution in [0.2, 0.25) is 0 Å². The first-order chi connectivity index (χ1) is 9.44. The quantitative estimate of drug-likeness (QED) is 0.925. The topological polar surface area (TPSA) is 63.4 Å². The summed E-state index contributed by atoms with van der Waals surface area (Å²) in [5, 5.41) is 0. The molecule has 0 aliphatic heterocycles. The van der Waals surface area contributed by atoms with Gasteiger partial charge in [-0.3, -0.25) is 0 Å². The molecule has 0 unspecified atom stereocenters. The zero-order valence-corrected chi connectivity index (χ0v) is 13.1. The lowest BCUT2D eigenvalue weighted by Crippen LogP contribution is -2.38. The van der Waals surface area contributed by atoms with E-state index in [1.165, 1.54) is 0 Å². The number of rotatable bonds is 4. The molecule has 0 atom stereocenters. The van der Waals surface area contributed by atoms with Crippen LogP contribution in [0, 0.1) is 0 Å². The fourth-order valence-corrected chi connectivity index (χ4v) is 3.64. The lowest BCUT2D eigenvalue weighted by molar-refractivity contribution is 0.385. The van der Waals surface area contributed by atoms with Crippen LogP contribution in [0.1, 0.15) is 32.6 Å². The highest BCUT2D eigenvalue weighted by molar-refractivity contribution is 7.91. The van der Waals surface area contributed by atoms with Crippen LogP contribution in [0.4, 0.5) is 5.69 Å². The largest absolute Gasteiger partial charge is 0.372 e. The van der Waals surface area contributed by atoms with Crippen LogP contribution in [0.3, 0.4) is 0 Å². The molecule has 1 aliphatic carbocycles. The van der Waals surface area contributed by atoms with Crippen molar-refractivity contribution in [2.45, 2.75) is 49.6 Å². The molecule has 0 heterocycles. The summed E-state index contributed by atoms with van der Waals surface area (Å²) in [6.07, 6.45) is 4.34. The third-order valence-corrected chi connectivity index (χ3v) is 6.02. The van der Waals surface area contributed by atoms with Crippen molar-refractivity contribution in [1.29, 1.82) is 0 Å². The number of benzene rings is 1. The van der Waals surface area contributed by atoms with Crippen molar-refractivity contribution in [2.75, 3.05) is 17.7 Å². The molecular formula is C15H24N2O2S. The van der Waals surface area contributed by atoms with Crippen LogP contribution >= 0.6 is 0 Å². The fraction of sp³-hybridized carbons (Fsp3) is 0.600. The van der Waals surface area contributed by atoms with Crippen molar-refractivity contribution in [2.24, 2.45) is 5.73 Å². The van der Waals surface area contributed by atoms with Crippen LogP contribution in [0.5, 0.6) is 0 Å². The Morgan fingerprint density at radius 2 is 1.70 bits per heavy atom. The van der Waals surface area contributed by atoms with Gasteiger partial charge in [0.25, 0.3) is 0 Å². The van der Waals surface area contributed by atoms with Crippen molar-refractivity contribution in [3.05, 3.63) is 24.3 Å². The summed E-state index contributed by atoms with van der Waals surface area (Å²) in [6, 6.07) is 8.06. The van der Waals surface area contributed by atoms with E-state index in [1.807, 2.05) is 12.1 Å². The molecule has 0 bridgehead atoms. The van der Waals surface area contributed by atoms with E-state index in [9.17, 15) is 8.42 Å². The summed E-state index contributed by atoms with van der Waals surface area (Å²) in [5.74, 6) is 0.142. The molecule has 4 nitrogen and oxygen atoms in total. The smallest absolute Gasteiger partial charge is 0.178 e. The molecule has 1 fully saturated rings. The van der Waals surface area contributed by atoms with E-state index in [0.29, 0.717) is 17.0 Å². The van der Waals surface area contributed by atoms with Gasteiger partial charge in [-0.2, -0.15) is 0 Å². The molecule has 1 aromatic rings. The van der Waals surface area contributed by atoms with Gasteiger partial charge in [0.2, 0.25) is 0 Å². The second-order valence-corrected chi connectivity index (χ2v) is 7.86. The highest BCUT2D eigenvalue weighted by Crippen LogP contribution is 2.26. The Hall–Kier alpha value is -1.07. The van der Waals surface area contributed by atoms with E-state index in [1.54, 1.807) is 19.1 Å². The first-order valence-electron chi connectivity index (χ1n) is 7.25. The SMILES string of the molecule is CCS(=O)(=O)c1ccc(N(C)C2CCC(N)CC2)cc1. The maximum atomic E-state index is 11.8. The van der Waals surface area contributed by atoms with E-state index in [4.69, 9.17) is 5.73 Å². The second-order valence-electron chi connectivity index (χ2n) is 5.58. The van der Waals surface area contributed by atoms with Crippen molar-refractivity contribution < 1.29 is 8.42 Å². The van der Waals surface area contributed by atoms with Gasteiger partial charge in [0, 0.05) is 24.8 Å². The predicted octanol–water partition coefficient (Wildman–Crippen LogP) is 2.19. The van der Waals surface area contributed by atoms with E-state index < -0.39 is 9.84 Å². The molecular weight excluding hydrogens is 272 g/mol. The number of hydrogen-bond acceptors (Lipinski definition) is 4. The zero-order valence-electron chi connectivity index (χ0n) is 12.2. The summed E-state index contributed by atoms with van der Waals surface area (Å²) in [4.78, 5) is 2.65. The highest BCUT2D eigenvalue weighted by Gasteiger charge is 2.22. The molecule has 2 N–H and O–H groups in total. The predicted molar refractivity (Wildman–Crippen MR) is 82.8 cm³/mol. The molecule has 2 rings (SSSR count). The van der Waals surface area contributed by atoms with E-state index in [-0.39, 0.29) is 5.75 Å². The lowest BCUT2D eigenvalue weighted by atomic mass is 9.91. The Bertz CT molecular complexity index is 531. The molecule has 0 radical (unpaired) electrons. The van der Waals surface area contributed by atoms with Gasteiger partial charge < -0.3 is 10.6 Å². The van der Waals surface area contributed by atoms with Crippen LogP contribution < -0.4 is 10.6 Å². The second kappa shape index (κ2) is 6.14. The van der Waals surface area contributed by atoms with E-state index in [2.05, 4.69) is 11.9 Å². The van der Waals surface area contributed by atoms with Gasteiger partial charge in [-0.15, -0.1) is 0 Å². The molecule has 0 aromatic heterocycles. The first kappa shape index (κ1) is 15.3. The summed E-state index contributed by atoms with van der Waals surface area (Å²) in [5.41, 5.74) is 7.00. The standard InChI is InChI=1S/C15H24N2O2S/c1-3-20(18,19)15-10-8-14(9-11-15)17(2)13-6-4-12(16)5-7-13/h8-13H,3-7,16H2,1-2H3. The Kier molecular flexibility index (Phi) is 4.70. The van der Waals surface area contributed by atoms with Gasteiger partial charge in [0.15, 0.2) is 9.84 Å². The summed E-state index contributed by atoms with van der Waals surface area (Å²) in [6.45, 7) is 1.67. The minimum Gasteiger partial charge on any atom is -0.372 e. The number of hydrogen-bond donors (Lipinski definition) is 1. The average Bonchev–Trinajstić information content (AvgIpc) is 2.47. The number of nitrogens with zero attached hydrogens (tertiary/aromatic N) is 1. The number of sulfone groups is 1. The average molecular weight is 296 g/mol. The van der Waals surface area contributed by atoms with Gasteiger partial charge >= 0.3 is 0 Å². The molecule has 20 heavy (non-hydrogen) atoms. The van der Waals surface area contributed by atoms with E-state index in [0.717, 1.165) is 31.4 Å². The van der Waals surface area contributed by atoms with Crippen molar-refractivity contribution >= 4 is 15.5 Å². The number of anilines is 1. The Morgan fingerprint density at radius 1 is 1.15 bits per heavy atom. The van der Waals surface area contributed by atoms with E-state index >= 15 is 0 Å². The molecule has 0 saturated heterocycles. The normalized spacial score (nSPS) is 23.6. The van der Waals surface area contributed by atoms with Crippen LogP contribution in [-0.4, -0.2) is 33.3 Å². The molecule has 5 heteroatoms. The van der Waals surface area contributed by atoms with Gasteiger partial charge in [-0.25, -0.2) is 8.42 Å². The van der Waals surface area contributed by atoms with Crippen molar-refractivity contribution in [3.63, 3.8) is 0 Å². The van der Waals surface area contributed by atoms with Crippen LogP contribution in [-0.2, 0) is 9.84 Å². The first-order valence-corrected chi connectivity index (χ1v) is 8.90. The van der Waals surface area contributed by atoms with Gasteiger partial charge in [0.1, 0.15) is 0 Å². The molecule has 0 amide bonds. The Labute approximate surface area is 121 Å². The van der Waals surface area contributed by atoms with Crippen molar-refractivity contribution in [1.82, 2.24) is 0 Å². The van der Waals surface area contributed by atoms with Gasteiger partial charge in [-0.1, -0.05) is 6.92 Å². The molecule has 112 valence electrons. The third-order valence-electron chi connectivity index (χ3n) is 4.27. The van der Waals surface area contributed by atoms with Crippen molar-refractivity contribution in [3.8, 4) is 0 Å². The van der Waals surface area contributed by atoms with Crippen LogP contribution in [0.25, 0.3) is 0 Å². The lowest BCUT2D eigenvalue weighted by Gasteiger charge is -2.35. The fourth-order valence-electron chi connectivity index (χ4n) is 2.75. The van der Waals surface area contributed by atoms with Crippen LogP contribution in [0.15, 0.2) is 29.2 Å². The zero-order chi connectivity index (χ0) is 14.8. The minimum absolute atomic E-state index is 0.142. The molecule has 0 spiro atoms. The van der Waals surface area contributed by atoms with Gasteiger partial charge in [-0.05, 0) is 49.9 Å². The maximum Gasteiger partial charge on any atom is 0.178 e. The molecule has 1 saturated carbocycles. The Morgan fingerprint density at radius 3 is 2.20 bits per heavy atom. The summed E-state index contributed by atoms with van der Waals surface area (Å²) in [7, 11) is -1.03. The monoisotopic (exact) mass is 296 g/mol. The maximum absolute atomic E-state index is 11.8. The third kappa shape index (κ3) is 3.33. The molecule has 1 aromatic carbocycles. The summed E-state index contributed by atoms with van der Waals surface area (Å²) < 4.78 is 23.6. The van der Waals surface area contributed by atoms with Gasteiger partial charge in [0.05, 0.1) is 10.6 Å². The Balaban J connectivity index is 2.10. The summed E-state index contributed by atoms with van der Waals surface area (Å²) >= 11 is 0. The number of nitrogens with two attached hydrogens (primary N) is 1.